The van der Waals surface area contributed by atoms with Crippen LogP contribution in [0.1, 0.15) is 26.2 Å². The lowest BCUT2D eigenvalue weighted by atomic mass is 9.83. The van der Waals surface area contributed by atoms with Gasteiger partial charge in [-0.2, -0.15) is 0 Å². The van der Waals surface area contributed by atoms with E-state index in [9.17, 15) is 23.5 Å². The number of likely N-dealkylation sites (tertiary alicyclic amines) is 1. The third-order valence-corrected chi connectivity index (χ3v) is 3.23. The van der Waals surface area contributed by atoms with Crippen molar-refractivity contribution >= 4 is 12.0 Å². The molecular formula is C11H18F2N2O3. The Morgan fingerprint density at radius 2 is 2.17 bits per heavy atom. The molecule has 1 aliphatic rings. The molecular weight excluding hydrogens is 246 g/mol. The van der Waals surface area contributed by atoms with Crippen molar-refractivity contribution in [2.24, 2.45) is 5.41 Å². The Labute approximate surface area is 104 Å². The molecule has 0 aliphatic carbocycles. The van der Waals surface area contributed by atoms with Gasteiger partial charge in [0, 0.05) is 13.1 Å². The van der Waals surface area contributed by atoms with Crippen LogP contribution in [0.15, 0.2) is 0 Å². The number of carbonyl (C=O) groups is 2. The third-order valence-electron chi connectivity index (χ3n) is 3.23. The van der Waals surface area contributed by atoms with E-state index in [4.69, 9.17) is 0 Å². The lowest BCUT2D eigenvalue weighted by Gasteiger charge is -2.24. The minimum Gasteiger partial charge on any atom is -0.481 e. The summed E-state index contributed by atoms with van der Waals surface area (Å²) in [6.07, 6.45) is -1.03. The fraction of sp³-hybridized carbons (Fsp3) is 0.818. The number of rotatable bonds is 5. The average Bonchev–Trinajstić information content (AvgIpc) is 2.72. The van der Waals surface area contributed by atoms with Crippen molar-refractivity contribution in [3.8, 4) is 0 Å². The number of carboxylic acid groups (broad SMARTS) is 1. The first-order valence-electron chi connectivity index (χ1n) is 5.95. The lowest BCUT2D eigenvalue weighted by molar-refractivity contribution is -0.148. The molecule has 2 amide bonds. The van der Waals surface area contributed by atoms with E-state index < -0.39 is 30.4 Å². The number of amides is 2. The van der Waals surface area contributed by atoms with Crippen LogP contribution >= 0.6 is 0 Å². The summed E-state index contributed by atoms with van der Waals surface area (Å²) >= 11 is 0. The minimum atomic E-state index is -2.60. The summed E-state index contributed by atoms with van der Waals surface area (Å²) < 4.78 is 23.9. The van der Waals surface area contributed by atoms with Crippen molar-refractivity contribution in [1.29, 1.82) is 0 Å². The maximum absolute atomic E-state index is 12.0. The first-order valence-corrected chi connectivity index (χ1v) is 5.95. The molecule has 2 N–H and O–H groups in total. The van der Waals surface area contributed by atoms with Crippen LogP contribution in [-0.4, -0.2) is 48.1 Å². The molecule has 1 rings (SSSR count). The first kappa shape index (κ1) is 14.7. The van der Waals surface area contributed by atoms with Gasteiger partial charge in [0.15, 0.2) is 0 Å². The molecule has 0 spiro atoms. The van der Waals surface area contributed by atoms with Crippen LogP contribution in [-0.2, 0) is 4.79 Å². The highest BCUT2D eigenvalue weighted by molar-refractivity contribution is 5.79. The SMILES string of the molecule is CCCC1(C(=O)O)CCN(C(=O)NCC(F)F)C1. The summed E-state index contributed by atoms with van der Waals surface area (Å²) in [5.74, 6) is -0.923. The molecule has 1 fully saturated rings. The lowest BCUT2D eigenvalue weighted by Crippen LogP contribution is -2.43. The molecule has 5 nitrogen and oxygen atoms in total. The van der Waals surface area contributed by atoms with Gasteiger partial charge < -0.3 is 15.3 Å². The second kappa shape index (κ2) is 5.97. The molecule has 0 aromatic carbocycles. The van der Waals surface area contributed by atoms with E-state index >= 15 is 0 Å². The molecule has 0 bridgehead atoms. The Hall–Kier alpha value is -1.40. The number of aliphatic carboxylic acids is 1. The van der Waals surface area contributed by atoms with Gasteiger partial charge in [-0.1, -0.05) is 13.3 Å². The molecule has 7 heteroatoms. The molecule has 104 valence electrons. The van der Waals surface area contributed by atoms with E-state index in [0.717, 1.165) is 0 Å². The molecule has 0 aromatic heterocycles. The fourth-order valence-corrected chi connectivity index (χ4v) is 2.29. The standard InChI is InChI=1S/C11H18F2N2O3/c1-2-3-11(9(16)17)4-5-15(7-11)10(18)14-6-8(12)13/h8H,2-7H2,1H3,(H,14,18)(H,16,17). The van der Waals surface area contributed by atoms with Gasteiger partial charge in [-0.25, -0.2) is 13.6 Å². The van der Waals surface area contributed by atoms with E-state index in [0.29, 0.717) is 25.8 Å². The summed E-state index contributed by atoms with van der Waals surface area (Å²) in [5.41, 5.74) is -0.920. The molecule has 0 saturated carbocycles. The Kier molecular flexibility index (Phi) is 4.86. The van der Waals surface area contributed by atoms with Crippen molar-refractivity contribution in [1.82, 2.24) is 10.2 Å². The summed E-state index contributed by atoms with van der Waals surface area (Å²) in [6, 6.07) is -0.616. The zero-order chi connectivity index (χ0) is 13.8. The fourth-order valence-electron chi connectivity index (χ4n) is 2.29. The van der Waals surface area contributed by atoms with E-state index in [2.05, 4.69) is 5.32 Å². The van der Waals surface area contributed by atoms with Gasteiger partial charge in [0.1, 0.15) is 0 Å². The normalized spacial score (nSPS) is 23.4. The highest BCUT2D eigenvalue weighted by Gasteiger charge is 2.45. The van der Waals surface area contributed by atoms with E-state index in [1.165, 1.54) is 4.90 Å². The number of halogens is 2. The maximum Gasteiger partial charge on any atom is 0.317 e. The van der Waals surface area contributed by atoms with Crippen molar-refractivity contribution in [2.45, 2.75) is 32.6 Å². The molecule has 1 saturated heterocycles. The predicted octanol–water partition coefficient (Wildman–Crippen LogP) is 1.54. The molecule has 0 radical (unpaired) electrons. The summed E-state index contributed by atoms with van der Waals surface area (Å²) in [5, 5.41) is 11.3. The quantitative estimate of drug-likeness (QED) is 0.791. The number of urea groups is 1. The van der Waals surface area contributed by atoms with Crippen molar-refractivity contribution in [2.75, 3.05) is 19.6 Å². The summed E-state index contributed by atoms with van der Waals surface area (Å²) in [6.45, 7) is 1.56. The maximum atomic E-state index is 12.0. The number of nitrogens with one attached hydrogen (secondary N) is 1. The Balaban J connectivity index is 2.58. The second-order valence-corrected chi connectivity index (χ2v) is 4.58. The summed E-state index contributed by atoms with van der Waals surface area (Å²) in [4.78, 5) is 24.1. The molecule has 1 heterocycles. The summed E-state index contributed by atoms with van der Waals surface area (Å²) in [7, 11) is 0. The van der Waals surface area contributed by atoms with Crippen LogP contribution in [0.4, 0.5) is 13.6 Å². The van der Waals surface area contributed by atoms with Gasteiger partial charge in [-0.3, -0.25) is 4.79 Å². The van der Waals surface area contributed by atoms with E-state index in [1.54, 1.807) is 0 Å². The van der Waals surface area contributed by atoms with Gasteiger partial charge in [-0.05, 0) is 12.8 Å². The topological polar surface area (TPSA) is 69.6 Å². The molecule has 1 aliphatic heterocycles. The van der Waals surface area contributed by atoms with Crippen LogP contribution in [0.25, 0.3) is 0 Å². The van der Waals surface area contributed by atoms with E-state index in [1.807, 2.05) is 6.92 Å². The van der Waals surface area contributed by atoms with Crippen LogP contribution in [0.5, 0.6) is 0 Å². The van der Waals surface area contributed by atoms with Crippen molar-refractivity contribution in [3.05, 3.63) is 0 Å². The first-order chi connectivity index (χ1) is 8.41. The van der Waals surface area contributed by atoms with Gasteiger partial charge in [0.25, 0.3) is 6.43 Å². The van der Waals surface area contributed by atoms with Gasteiger partial charge in [-0.15, -0.1) is 0 Å². The van der Waals surface area contributed by atoms with Crippen molar-refractivity contribution in [3.63, 3.8) is 0 Å². The highest BCUT2D eigenvalue weighted by Crippen LogP contribution is 2.35. The zero-order valence-electron chi connectivity index (χ0n) is 10.3. The Morgan fingerprint density at radius 3 is 2.67 bits per heavy atom. The van der Waals surface area contributed by atoms with Crippen LogP contribution < -0.4 is 5.32 Å². The third kappa shape index (κ3) is 3.30. The van der Waals surface area contributed by atoms with E-state index in [-0.39, 0.29) is 6.54 Å². The van der Waals surface area contributed by atoms with Gasteiger partial charge >= 0.3 is 12.0 Å². The van der Waals surface area contributed by atoms with Gasteiger partial charge in [0.05, 0.1) is 12.0 Å². The average molecular weight is 264 g/mol. The highest BCUT2D eigenvalue weighted by atomic mass is 19.3. The largest absolute Gasteiger partial charge is 0.481 e. The van der Waals surface area contributed by atoms with Crippen molar-refractivity contribution < 1.29 is 23.5 Å². The Morgan fingerprint density at radius 1 is 1.50 bits per heavy atom. The minimum absolute atomic E-state index is 0.0885. The molecule has 1 unspecified atom stereocenters. The predicted molar refractivity (Wildman–Crippen MR) is 60.6 cm³/mol. The van der Waals surface area contributed by atoms with Crippen LogP contribution in [0, 0.1) is 5.41 Å². The number of hydrogen-bond donors (Lipinski definition) is 2. The number of carboxylic acids is 1. The molecule has 18 heavy (non-hydrogen) atoms. The molecule has 1 atom stereocenters. The van der Waals surface area contributed by atoms with Crippen LogP contribution in [0.3, 0.4) is 0 Å². The van der Waals surface area contributed by atoms with Gasteiger partial charge in [0.2, 0.25) is 0 Å². The monoisotopic (exact) mass is 264 g/mol. The van der Waals surface area contributed by atoms with Crippen LogP contribution in [0.2, 0.25) is 0 Å². The molecule has 0 aromatic rings. The second-order valence-electron chi connectivity index (χ2n) is 4.58. The smallest absolute Gasteiger partial charge is 0.317 e. The number of nitrogens with zero attached hydrogens (tertiary/aromatic N) is 1. The number of hydrogen-bond acceptors (Lipinski definition) is 2. The number of carbonyl (C=O) groups excluding carboxylic acids is 1. The zero-order valence-corrected chi connectivity index (χ0v) is 10.3. The Bertz CT molecular complexity index is 325. The number of alkyl halides is 2.